The van der Waals surface area contributed by atoms with Crippen LogP contribution in [0.4, 0.5) is 5.69 Å². The number of benzene rings is 1. The number of pyridine rings is 1. The Bertz CT molecular complexity index is 526. The molecule has 100 valence electrons. The first-order valence-electron chi connectivity index (χ1n) is 6.51. The highest BCUT2D eigenvalue weighted by molar-refractivity contribution is 5.53. The van der Waals surface area contributed by atoms with Crippen molar-refractivity contribution in [1.29, 1.82) is 0 Å². The average molecular weight is 256 g/mol. The molecule has 1 heterocycles. The molecule has 0 radical (unpaired) electrons. The van der Waals surface area contributed by atoms with Crippen LogP contribution in [-0.2, 0) is 13.0 Å². The summed E-state index contributed by atoms with van der Waals surface area (Å²) >= 11 is 0. The molecule has 0 spiro atoms. The molecule has 0 bridgehead atoms. The lowest BCUT2D eigenvalue weighted by molar-refractivity contribution is 0.282. The summed E-state index contributed by atoms with van der Waals surface area (Å²) < 4.78 is 0. The average Bonchev–Trinajstić information content (AvgIpc) is 2.45. The maximum atomic E-state index is 9.12. The molecule has 0 amide bonds. The van der Waals surface area contributed by atoms with Crippen molar-refractivity contribution >= 4 is 5.69 Å². The molecule has 3 heteroatoms. The molecule has 0 saturated heterocycles. The van der Waals surface area contributed by atoms with Crippen LogP contribution in [0.25, 0.3) is 0 Å². The molecular formula is C16H20N2O. The zero-order valence-electron chi connectivity index (χ0n) is 11.5. The van der Waals surface area contributed by atoms with E-state index in [0.29, 0.717) is 0 Å². The third kappa shape index (κ3) is 3.55. The van der Waals surface area contributed by atoms with Gasteiger partial charge >= 0.3 is 0 Å². The Morgan fingerprint density at radius 2 is 1.84 bits per heavy atom. The van der Waals surface area contributed by atoms with E-state index in [-0.39, 0.29) is 6.61 Å². The lowest BCUT2D eigenvalue weighted by Crippen LogP contribution is -2.21. The second kappa shape index (κ2) is 6.34. The summed E-state index contributed by atoms with van der Waals surface area (Å²) in [6, 6.07) is 10.2. The molecule has 2 aromatic rings. The minimum absolute atomic E-state index is 0.0991. The van der Waals surface area contributed by atoms with E-state index < -0.39 is 0 Å². The minimum Gasteiger partial charge on any atom is -0.392 e. The van der Waals surface area contributed by atoms with Gasteiger partial charge in [0.15, 0.2) is 0 Å². The fourth-order valence-corrected chi connectivity index (χ4v) is 2.21. The number of aryl methyl sites for hydroxylation is 1. The summed E-state index contributed by atoms with van der Waals surface area (Å²) in [5.41, 5.74) is 4.67. The van der Waals surface area contributed by atoms with Gasteiger partial charge in [-0.15, -0.1) is 0 Å². The Morgan fingerprint density at radius 1 is 1.11 bits per heavy atom. The van der Waals surface area contributed by atoms with E-state index in [1.807, 2.05) is 24.5 Å². The summed E-state index contributed by atoms with van der Waals surface area (Å²) in [5, 5.41) is 9.12. The summed E-state index contributed by atoms with van der Waals surface area (Å²) in [6.45, 7) is 3.14. The number of nitrogens with zero attached hydrogens (tertiary/aromatic N) is 2. The number of hydrogen-bond donors (Lipinski definition) is 1. The van der Waals surface area contributed by atoms with Crippen molar-refractivity contribution in [2.24, 2.45) is 0 Å². The van der Waals surface area contributed by atoms with Gasteiger partial charge < -0.3 is 10.0 Å². The fourth-order valence-electron chi connectivity index (χ4n) is 2.21. The van der Waals surface area contributed by atoms with Crippen molar-refractivity contribution in [3.8, 4) is 0 Å². The first-order valence-corrected chi connectivity index (χ1v) is 6.51. The molecule has 0 aliphatic rings. The lowest BCUT2D eigenvalue weighted by Gasteiger charge is -2.22. The van der Waals surface area contributed by atoms with Crippen molar-refractivity contribution < 1.29 is 5.11 Å². The molecular weight excluding hydrogens is 236 g/mol. The summed E-state index contributed by atoms with van der Waals surface area (Å²) in [6.07, 6.45) is 4.66. The second-order valence-corrected chi connectivity index (χ2v) is 4.81. The van der Waals surface area contributed by atoms with Gasteiger partial charge in [-0.3, -0.25) is 4.98 Å². The Labute approximate surface area is 114 Å². The topological polar surface area (TPSA) is 36.4 Å². The van der Waals surface area contributed by atoms with Gasteiger partial charge in [0.2, 0.25) is 0 Å². The SMILES string of the molecule is Cc1cc(CO)ccc1N(C)CCc1ccncc1. The van der Waals surface area contributed by atoms with Crippen molar-refractivity contribution in [3.63, 3.8) is 0 Å². The number of hydrogen-bond acceptors (Lipinski definition) is 3. The van der Waals surface area contributed by atoms with Gasteiger partial charge in [-0.2, -0.15) is 0 Å². The predicted molar refractivity (Wildman–Crippen MR) is 78.3 cm³/mol. The molecule has 0 saturated carbocycles. The van der Waals surface area contributed by atoms with Crippen LogP contribution < -0.4 is 4.90 Å². The normalized spacial score (nSPS) is 10.5. The molecule has 0 aliphatic carbocycles. The Balaban J connectivity index is 2.02. The third-order valence-corrected chi connectivity index (χ3v) is 3.34. The van der Waals surface area contributed by atoms with Crippen LogP contribution in [0.2, 0.25) is 0 Å². The quantitative estimate of drug-likeness (QED) is 0.893. The lowest BCUT2D eigenvalue weighted by atomic mass is 10.1. The molecule has 1 N–H and O–H groups in total. The Kier molecular flexibility index (Phi) is 4.53. The number of rotatable bonds is 5. The molecule has 0 unspecified atom stereocenters. The number of aromatic nitrogens is 1. The van der Waals surface area contributed by atoms with Gasteiger partial charge in [0.05, 0.1) is 6.61 Å². The van der Waals surface area contributed by atoms with E-state index in [0.717, 1.165) is 18.5 Å². The van der Waals surface area contributed by atoms with E-state index in [1.165, 1.54) is 16.8 Å². The van der Waals surface area contributed by atoms with E-state index in [2.05, 4.69) is 42.1 Å². The Morgan fingerprint density at radius 3 is 2.47 bits per heavy atom. The van der Waals surface area contributed by atoms with Gasteiger partial charge in [0, 0.05) is 31.7 Å². The standard InChI is InChI=1S/C16H20N2O/c1-13-11-15(12-19)3-4-16(13)18(2)10-7-14-5-8-17-9-6-14/h3-6,8-9,11,19H,7,10,12H2,1-2H3. The van der Waals surface area contributed by atoms with Crippen molar-refractivity contribution in [3.05, 3.63) is 59.4 Å². The molecule has 0 fully saturated rings. The zero-order valence-corrected chi connectivity index (χ0v) is 11.5. The summed E-state index contributed by atoms with van der Waals surface area (Å²) in [4.78, 5) is 6.27. The highest BCUT2D eigenvalue weighted by atomic mass is 16.3. The van der Waals surface area contributed by atoms with Gasteiger partial charge in [0.25, 0.3) is 0 Å². The summed E-state index contributed by atoms with van der Waals surface area (Å²) in [5.74, 6) is 0. The zero-order chi connectivity index (χ0) is 13.7. The van der Waals surface area contributed by atoms with Crippen LogP contribution >= 0.6 is 0 Å². The molecule has 0 aliphatic heterocycles. The first-order chi connectivity index (χ1) is 9.20. The van der Waals surface area contributed by atoms with Crippen molar-refractivity contribution in [2.45, 2.75) is 20.0 Å². The monoisotopic (exact) mass is 256 g/mol. The minimum atomic E-state index is 0.0991. The molecule has 0 atom stereocenters. The number of aliphatic hydroxyl groups excluding tert-OH is 1. The van der Waals surface area contributed by atoms with Crippen molar-refractivity contribution in [1.82, 2.24) is 4.98 Å². The third-order valence-electron chi connectivity index (χ3n) is 3.34. The van der Waals surface area contributed by atoms with Crippen LogP contribution in [0, 0.1) is 6.92 Å². The fraction of sp³-hybridized carbons (Fsp3) is 0.312. The van der Waals surface area contributed by atoms with E-state index >= 15 is 0 Å². The van der Waals surface area contributed by atoms with Crippen LogP contribution in [0.5, 0.6) is 0 Å². The van der Waals surface area contributed by atoms with E-state index in [4.69, 9.17) is 5.11 Å². The highest BCUT2D eigenvalue weighted by Gasteiger charge is 2.05. The maximum absolute atomic E-state index is 9.12. The van der Waals surface area contributed by atoms with Crippen LogP contribution in [0.1, 0.15) is 16.7 Å². The molecule has 1 aromatic heterocycles. The second-order valence-electron chi connectivity index (χ2n) is 4.81. The van der Waals surface area contributed by atoms with Gasteiger partial charge in [-0.1, -0.05) is 12.1 Å². The van der Waals surface area contributed by atoms with Gasteiger partial charge in [-0.25, -0.2) is 0 Å². The number of anilines is 1. The molecule has 1 aromatic carbocycles. The molecule has 3 nitrogen and oxygen atoms in total. The predicted octanol–water partition coefficient (Wildman–Crippen LogP) is 2.56. The van der Waals surface area contributed by atoms with Gasteiger partial charge in [0.1, 0.15) is 0 Å². The van der Waals surface area contributed by atoms with E-state index in [9.17, 15) is 0 Å². The van der Waals surface area contributed by atoms with Gasteiger partial charge in [-0.05, 0) is 48.2 Å². The Hall–Kier alpha value is -1.87. The van der Waals surface area contributed by atoms with E-state index in [1.54, 1.807) is 0 Å². The first kappa shape index (κ1) is 13.6. The highest BCUT2D eigenvalue weighted by Crippen LogP contribution is 2.20. The van der Waals surface area contributed by atoms with Crippen LogP contribution in [0.15, 0.2) is 42.7 Å². The largest absolute Gasteiger partial charge is 0.392 e. The number of likely N-dealkylation sites (N-methyl/N-ethyl adjacent to an activating group) is 1. The summed E-state index contributed by atoms with van der Waals surface area (Å²) in [7, 11) is 2.10. The van der Waals surface area contributed by atoms with Crippen LogP contribution in [0.3, 0.4) is 0 Å². The molecule has 2 rings (SSSR count). The maximum Gasteiger partial charge on any atom is 0.0681 e. The van der Waals surface area contributed by atoms with Crippen molar-refractivity contribution in [2.75, 3.05) is 18.5 Å². The van der Waals surface area contributed by atoms with Crippen LogP contribution in [-0.4, -0.2) is 23.7 Å². The smallest absolute Gasteiger partial charge is 0.0681 e. The number of aliphatic hydroxyl groups is 1. The molecule has 19 heavy (non-hydrogen) atoms.